The first-order valence-corrected chi connectivity index (χ1v) is 9.96. The number of fused-ring (bicyclic) bond motifs is 1. The largest absolute Gasteiger partial charge is 0.462 e. The van der Waals surface area contributed by atoms with Crippen molar-refractivity contribution >= 4 is 34.7 Å². The Morgan fingerprint density at radius 3 is 2.61 bits per heavy atom. The van der Waals surface area contributed by atoms with Crippen molar-refractivity contribution in [2.24, 2.45) is 0 Å². The molecular formula is C24H24N2O5. The molecule has 1 aromatic carbocycles. The third kappa shape index (κ3) is 4.88. The summed E-state index contributed by atoms with van der Waals surface area (Å²) in [4.78, 5) is 44.5. The molecule has 7 nitrogen and oxygen atoms in total. The number of benzene rings is 1. The molecule has 1 atom stereocenters. The Hall–Kier alpha value is -3.74. The number of nitrogens with one attached hydrogen (secondary N) is 1. The van der Waals surface area contributed by atoms with Crippen LogP contribution in [0.15, 0.2) is 42.5 Å². The van der Waals surface area contributed by atoms with E-state index in [-0.39, 0.29) is 12.3 Å². The van der Waals surface area contributed by atoms with Gasteiger partial charge in [0, 0.05) is 17.2 Å². The van der Waals surface area contributed by atoms with Gasteiger partial charge in [0.15, 0.2) is 6.10 Å². The first kappa shape index (κ1) is 22.0. The zero-order valence-electron chi connectivity index (χ0n) is 17.9. The molecule has 0 unspecified atom stereocenters. The summed E-state index contributed by atoms with van der Waals surface area (Å²) in [5.74, 6) is -1.59. The molecule has 2 heterocycles. The van der Waals surface area contributed by atoms with Crippen LogP contribution in [-0.4, -0.2) is 40.4 Å². The number of rotatable bonds is 7. The van der Waals surface area contributed by atoms with Gasteiger partial charge in [-0.25, -0.2) is 14.6 Å². The van der Waals surface area contributed by atoms with Crippen LogP contribution in [0, 0.1) is 13.8 Å². The van der Waals surface area contributed by atoms with Crippen molar-refractivity contribution in [3.63, 3.8) is 0 Å². The van der Waals surface area contributed by atoms with E-state index < -0.39 is 23.8 Å². The topological polar surface area (TPSA) is 98.4 Å². The maximum atomic E-state index is 12.8. The molecule has 0 aliphatic heterocycles. The third-order valence-electron chi connectivity index (χ3n) is 4.84. The molecule has 0 aliphatic carbocycles. The summed E-state index contributed by atoms with van der Waals surface area (Å²) in [6.07, 6.45) is 1.74. The number of ketones is 1. The van der Waals surface area contributed by atoms with E-state index in [1.165, 1.54) is 19.1 Å². The summed E-state index contributed by atoms with van der Waals surface area (Å²) in [5, 5.41) is 1.00. The molecule has 160 valence electrons. The molecule has 7 heteroatoms. The Morgan fingerprint density at radius 2 is 1.87 bits per heavy atom. The zero-order chi connectivity index (χ0) is 22.5. The van der Waals surface area contributed by atoms with Crippen LogP contribution in [0.1, 0.15) is 51.6 Å². The number of aromatic amines is 1. The molecule has 1 N–H and O–H groups in total. The van der Waals surface area contributed by atoms with Gasteiger partial charge in [-0.05, 0) is 51.5 Å². The van der Waals surface area contributed by atoms with Gasteiger partial charge >= 0.3 is 11.9 Å². The summed E-state index contributed by atoms with van der Waals surface area (Å²) in [7, 11) is 0. The van der Waals surface area contributed by atoms with Crippen LogP contribution in [-0.2, 0) is 14.3 Å². The lowest BCUT2D eigenvalue weighted by Crippen LogP contribution is -2.24. The van der Waals surface area contributed by atoms with Crippen LogP contribution in [0.2, 0.25) is 0 Å². The van der Waals surface area contributed by atoms with Crippen molar-refractivity contribution in [3.8, 4) is 0 Å². The fourth-order valence-corrected chi connectivity index (χ4v) is 3.30. The molecule has 31 heavy (non-hydrogen) atoms. The molecule has 0 saturated heterocycles. The number of aryl methyl sites for hydroxylation is 1. The number of pyridine rings is 1. The number of hydrogen-bond acceptors (Lipinski definition) is 6. The quantitative estimate of drug-likeness (QED) is 0.350. The van der Waals surface area contributed by atoms with Gasteiger partial charge in [0.2, 0.25) is 5.78 Å². The van der Waals surface area contributed by atoms with Crippen molar-refractivity contribution in [1.82, 2.24) is 9.97 Å². The van der Waals surface area contributed by atoms with E-state index in [1.807, 2.05) is 30.3 Å². The predicted molar refractivity (Wildman–Crippen MR) is 117 cm³/mol. The Labute approximate surface area is 180 Å². The van der Waals surface area contributed by atoms with Crippen molar-refractivity contribution in [2.75, 3.05) is 6.61 Å². The van der Waals surface area contributed by atoms with E-state index in [2.05, 4.69) is 9.97 Å². The van der Waals surface area contributed by atoms with Gasteiger partial charge < -0.3 is 14.5 Å². The fourth-order valence-electron chi connectivity index (χ4n) is 3.30. The Bertz CT molecular complexity index is 1180. The summed E-state index contributed by atoms with van der Waals surface area (Å²) in [6, 6.07) is 11.4. The first-order valence-electron chi connectivity index (χ1n) is 9.96. The summed E-state index contributed by atoms with van der Waals surface area (Å²) < 4.78 is 10.3. The maximum Gasteiger partial charge on any atom is 0.340 e. The minimum atomic E-state index is -1.03. The molecule has 0 fully saturated rings. The molecule has 0 bridgehead atoms. The average molecular weight is 420 g/mol. The van der Waals surface area contributed by atoms with Gasteiger partial charge in [0.25, 0.3) is 0 Å². The molecule has 0 saturated carbocycles. The van der Waals surface area contributed by atoms with Crippen LogP contribution in [0.3, 0.4) is 0 Å². The number of carbonyl (C=O) groups excluding carboxylic acids is 3. The van der Waals surface area contributed by atoms with E-state index in [0.717, 1.165) is 10.9 Å². The Balaban J connectivity index is 1.69. The van der Waals surface area contributed by atoms with Gasteiger partial charge in [-0.2, -0.15) is 0 Å². The number of ether oxygens (including phenoxy) is 2. The first-order chi connectivity index (χ1) is 14.8. The van der Waals surface area contributed by atoms with E-state index >= 15 is 0 Å². The minimum absolute atomic E-state index is 0.223. The van der Waals surface area contributed by atoms with Gasteiger partial charge in [-0.1, -0.05) is 24.3 Å². The SMILES string of the molecule is CCOC(=O)c1c(C)[nH]c(C(=O)[C@H](C)OC(=O)/C=C/c2ccc3ccccc3n2)c1C. The lowest BCUT2D eigenvalue weighted by atomic mass is 10.1. The van der Waals surface area contributed by atoms with E-state index in [9.17, 15) is 14.4 Å². The van der Waals surface area contributed by atoms with Gasteiger partial charge in [0.1, 0.15) is 0 Å². The molecule has 3 aromatic rings. The predicted octanol–water partition coefficient (Wildman–Crippen LogP) is 4.18. The van der Waals surface area contributed by atoms with Gasteiger partial charge in [0.05, 0.1) is 29.1 Å². The molecule has 0 radical (unpaired) electrons. The van der Waals surface area contributed by atoms with Crippen molar-refractivity contribution in [1.29, 1.82) is 0 Å². The molecule has 0 aliphatic rings. The van der Waals surface area contributed by atoms with Crippen LogP contribution in [0.4, 0.5) is 0 Å². The summed E-state index contributed by atoms with van der Waals surface area (Å²) >= 11 is 0. The number of Topliss-reactive ketones (excluding diaryl/α,β-unsaturated/α-hetero) is 1. The van der Waals surface area contributed by atoms with Gasteiger partial charge in [-0.3, -0.25) is 4.79 Å². The Kier molecular flexibility index (Phi) is 6.65. The molecule has 2 aromatic heterocycles. The summed E-state index contributed by atoms with van der Waals surface area (Å²) in [5.41, 5.74) is 2.97. The number of carbonyl (C=O) groups is 3. The monoisotopic (exact) mass is 420 g/mol. The number of aromatic nitrogens is 2. The van der Waals surface area contributed by atoms with Crippen molar-refractivity contribution < 1.29 is 23.9 Å². The number of esters is 2. The van der Waals surface area contributed by atoms with Crippen molar-refractivity contribution in [3.05, 3.63) is 70.7 Å². The maximum absolute atomic E-state index is 12.8. The molecular weight excluding hydrogens is 396 g/mol. The minimum Gasteiger partial charge on any atom is -0.462 e. The lowest BCUT2D eigenvalue weighted by molar-refractivity contribution is -0.140. The highest BCUT2D eigenvalue weighted by molar-refractivity contribution is 6.04. The van der Waals surface area contributed by atoms with E-state index in [1.54, 1.807) is 26.8 Å². The zero-order valence-corrected chi connectivity index (χ0v) is 17.9. The molecule has 0 spiro atoms. The highest BCUT2D eigenvalue weighted by Gasteiger charge is 2.27. The lowest BCUT2D eigenvalue weighted by Gasteiger charge is -2.10. The third-order valence-corrected chi connectivity index (χ3v) is 4.84. The average Bonchev–Trinajstić information content (AvgIpc) is 3.05. The number of H-pyrrole nitrogens is 1. The van der Waals surface area contributed by atoms with Gasteiger partial charge in [-0.15, -0.1) is 0 Å². The number of para-hydroxylation sites is 1. The number of hydrogen-bond donors (Lipinski definition) is 1. The second kappa shape index (κ2) is 9.38. The second-order valence-corrected chi connectivity index (χ2v) is 7.05. The van der Waals surface area contributed by atoms with E-state index in [0.29, 0.717) is 22.5 Å². The van der Waals surface area contributed by atoms with Crippen LogP contribution < -0.4 is 0 Å². The Morgan fingerprint density at radius 1 is 1.13 bits per heavy atom. The summed E-state index contributed by atoms with van der Waals surface area (Å²) in [6.45, 7) is 6.78. The standard InChI is InChI=1S/C24H24N2O5/c1-5-30-24(29)21-14(2)22(25-15(21)3)23(28)16(4)31-20(27)13-12-18-11-10-17-8-6-7-9-19(17)26-18/h6-13,16,25H,5H2,1-4H3/b13-12+/t16-/m0/s1. The van der Waals surface area contributed by atoms with Crippen LogP contribution in [0.25, 0.3) is 17.0 Å². The van der Waals surface area contributed by atoms with Crippen LogP contribution in [0.5, 0.6) is 0 Å². The van der Waals surface area contributed by atoms with E-state index in [4.69, 9.17) is 9.47 Å². The normalized spacial score (nSPS) is 12.1. The second-order valence-electron chi connectivity index (χ2n) is 7.05. The van der Waals surface area contributed by atoms with Crippen molar-refractivity contribution in [2.45, 2.75) is 33.8 Å². The number of nitrogens with zero attached hydrogens (tertiary/aromatic N) is 1. The molecule has 3 rings (SSSR count). The fraction of sp³-hybridized carbons (Fsp3) is 0.250. The highest BCUT2D eigenvalue weighted by atomic mass is 16.5. The highest BCUT2D eigenvalue weighted by Crippen LogP contribution is 2.21. The molecule has 0 amide bonds. The van der Waals surface area contributed by atoms with Crippen LogP contribution >= 0.6 is 0 Å². The smallest absolute Gasteiger partial charge is 0.340 e.